The molecule has 0 fully saturated rings. The number of nitrogens with zero attached hydrogens (tertiary/aromatic N) is 3. The maximum absolute atomic E-state index is 12.3. The van der Waals surface area contributed by atoms with Gasteiger partial charge in [-0.3, -0.25) is 4.79 Å². The average Bonchev–Trinajstić information content (AvgIpc) is 3.18. The van der Waals surface area contributed by atoms with Gasteiger partial charge < -0.3 is 25.4 Å². The summed E-state index contributed by atoms with van der Waals surface area (Å²) >= 11 is 1.20. The van der Waals surface area contributed by atoms with E-state index in [2.05, 4.69) is 36.3 Å². The zero-order chi connectivity index (χ0) is 24.7. The van der Waals surface area contributed by atoms with Crippen LogP contribution in [-0.4, -0.2) is 40.8 Å². The number of methoxy groups -OCH3 is 2. The molecule has 182 valence electrons. The van der Waals surface area contributed by atoms with Crippen LogP contribution < -0.4 is 25.4 Å². The van der Waals surface area contributed by atoms with Gasteiger partial charge in [0.05, 0.1) is 20.0 Å². The van der Waals surface area contributed by atoms with Crippen LogP contribution in [0.25, 0.3) is 0 Å². The number of carbonyl (C=O) groups is 1. The number of amides is 1. The number of nitrogens with one attached hydrogen (secondary N) is 1. The highest BCUT2D eigenvalue weighted by Gasteiger charge is 2.15. The Labute approximate surface area is 204 Å². The van der Waals surface area contributed by atoms with E-state index in [1.807, 2.05) is 36.4 Å². The molecule has 0 saturated heterocycles. The van der Waals surface area contributed by atoms with E-state index in [-0.39, 0.29) is 23.7 Å². The monoisotopic (exact) mass is 485 g/mol. The number of hydrogen-bond donors (Lipinski definition) is 2. The molecule has 3 N–H and O–H groups in total. The summed E-state index contributed by atoms with van der Waals surface area (Å²) in [7, 11) is 3.15. The third-order valence-corrected chi connectivity index (χ3v) is 6.04. The van der Waals surface area contributed by atoms with E-state index in [9.17, 15) is 4.79 Å². The van der Waals surface area contributed by atoms with Gasteiger partial charge in [-0.15, -0.1) is 10.2 Å². The molecule has 0 unspecified atom stereocenters. The molecule has 1 heterocycles. The molecule has 34 heavy (non-hydrogen) atoms. The smallest absolute Gasteiger partial charge is 0.230 e. The number of thioether (sulfide) groups is 1. The lowest BCUT2D eigenvalue weighted by Gasteiger charge is -2.19. The topological polar surface area (TPSA) is 114 Å². The van der Waals surface area contributed by atoms with Crippen LogP contribution in [0.4, 0.5) is 0 Å². The third-order valence-electron chi connectivity index (χ3n) is 5.09. The quantitative estimate of drug-likeness (QED) is 0.332. The Morgan fingerprint density at radius 2 is 1.76 bits per heavy atom. The number of ether oxygens (including phenoxy) is 3. The molecule has 0 bridgehead atoms. The van der Waals surface area contributed by atoms with Gasteiger partial charge in [-0.1, -0.05) is 50.7 Å². The van der Waals surface area contributed by atoms with Crippen molar-refractivity contribution in [3.63, 3.8) is 0 Å². The predicted molar refractivity (Wildman–Crippen MR) is 132 cm³/mol. The van der Waals surface area contributed by atoms with Crippen LogP contribution in [0.1, 0.15) is 37.7 Å². The third kappa shape index (κ3) is 6.57. The van der Waals surface area contributed by atoms with Crippen LogP contribution in [0, 0.1) is 0 Å². The molecule has 0 atom stereocenters. The van der Waals surface area contributed by atoms with Gasteiger partial charge in [0.15, 0.2) is 17.3 Å². The van der Waals surface area contributed by atoms with Crippen molar-refractivity contribution in [2.45, 2.75) is 44.5 Å². The first-order chi connectivity index (χ1) is 16.2. The Kier molecular flexibility index (Phi) is 8.27. The van der Waals surface area contributed by atoms with Gasteiger partial charge in [-0.25, -0.2) is 4.68 Å². The Bertz CT molecular complexity index is 1110. The summed E-state index contributed by atoms with van der Waals surface area (Å²) in [5, 5.41) is 11.4. The molecule has 3 aromatic rings. The molecule has 3 rings (SSSR count). The number of nitrogen functional groups attached to an aromatic ring is 1. The summed E-state index contributed by atoms with van der Waals surface area (Å²) in [6.07, 6.45) is 0. The minimum Gasteiger partial charge on any atom is -0.493 e. The van der Waals surface area contributed by atoms with Crippen molar-refractivity contribution in [1.29, 1.82) is 0 Å². The summed E-state index contributed by atoms with van der Waals surface area (Å²) in [5.41, 5.74) is 2.20. The summed E-state index contributed by atoms with van der Waals surface area (Å²) in [6.45, 7) is 7.02. The van der Waals surface area contributed by atoms with Gasteiger partial charge in [-0.05, 0) is 40.8 Å². The van der Waals surface area contributed by atoms with Crippen molar-refractivity contribution in [2.24, 2.45) is 0 Å². The molecular weight excluding hydrogens is 454 g/mol. The van der Waals surface area contributed by atoms with Crippen molar-refractivity contribution in [3.8, 4) is 17.2 Å². The number of hydrogen-bond acceptors (Lipinski definition) is 8. The van der Waals surface area contributed by atoms with Crippen molar-refractivity contribution < 1.29 is 19.0 Å². The van der Waals surface area contributed by atoms with Gasteiger partial charge >= 0.3 is 0 Å². The maximum Gasteiger partial charge on any atom is 0.230 e. The maximum atomic E-state index is 12.3. The Balaban J connectivity index is 1.48. The van der Waals surface area contributed by atoms with E-state index in [1.54, 1.807) is 20.3 Å². The van der Waals surface area contributed by atoms with Gasteiger partial charge in [0.25, 0.3) is 0 Å². The van der Waals surface area contributed by atoms with Gasteiger partial charge in [0, 0.05) is 6.54 Å². The normalized spacial score (nSPS) is 11.2. The van der Waals surface area contributed by atoms with E-state index >= 15 is 0 Å². The zero-order valence-corrected chi connectivity index (χ0v) is 20.9. The fourth-order valence-electron chi connectivity index (χ4n) is 3.08. The molecule has 0 aliphatic rings. The number of rotatable bonds is 10. The van der Waals surface area contributed by atoms with E-state index in [4.69, 9.17) is 20.1 Å². The number of aromatic nitrogens is 3. The fourth-order valence-corrected chi connectivity index (χ4v) is 3.78. The zero-order valence-electron chi connectivity index (χ0n) is 20.1. The lowest BCUT2D eigenvalue weighted by Crippen LogP contribution is -2.25. The summed E-state index contributed by atoms with van der Waals surface area (Å²) in [4.78, 5) is 12.3. The highest BCUT2D eigenvalue weighted by Crippen LogP contribution is 2.27. The second-order valence-corrected chi connectivity index (χ2v) is 9.53. The average molecular weight is 486 g/mol. The minimum atomic E-state index is -0.153. The van der Waals surface area contributed by atoms with Crippen molar-refractivity contribution in [1.82, 2.24) is 20.2 Å². The van der Waals surface area contributed by atoms with E-state index < -0.39 is 0 Å². The van der Waals surface area contributed by atoms with Gasteiger partial charge in [0.1, 0.15) is 12.4 Å². The summed E-state index contributed by atoms with van der Waals surface area (Å²) in [6, 6.07) is 13.4. The predicted octanol–water partition coefficient (Wildman–Crippen LogP) is 3.29. The molecule has 0 saturated carbocycles. The van der Waals surface area contributed by atoms with Crippen LogP contribution in [-0.2, 0) is 23.4 Å². The highest BCUT2D eigenvalue weighted by atomic mass is 32.2. The molecule has 0 radical (unpaired) electrons. The Morgan fingerprint density at radius 3 is 2.41 bits per heavy atom. The fraction of sp³-hybridized carbons (Fsp3) is 0.375. The molecule has 1 amide bonds. The first-order valence-corrected chi connectivity index (χ1v) is 11.7. The summed E-state index contributed by atoms with van der Waals surface area (Å²) < 4.78 is 17.6. The highest BCUT2D eigenvalue weighted by molar-refractivity contribution is 7.99. The van der Waals surface area contributed by atoms with Crippen molar-refractivity contribution >= 4 is 17.7 Å². The molecule has 0 aliphatic heterocycles. The second-order valence-electron chi connectivity index (χ2n) is 8.59. The lowest BCUT2D eigenvalue weighted by atomic mass is 9.87. The van der Waals surface area contributed by atoms with Crippen LogP contribution in [0.15, 0.2) is 47.6 Å². The number of nitrogens with two attached hydrogens (primary N) is 1. The Morgan fingerprint density at radius 1 is 1.06 bits per heavy atom. The molecule has 0 aliphatic carbocycles. The lowest BCUT2D eigenvalue weighted by molar-refractivity contribution is -0.118. The standard InChI is InChI=1S/C24H31N5O4S/c1-24(2,3)17-7-9-18(10-8-17)33-14-21-27-28-23(29(21)25)34-15-22(30)26-13-16-6-11-19(31-4)20(12-16)32-5/h6-12H,13-15,25H2,1-5H3,(H,26,30). The van der Waals surface area contributed by atoms with Crippen LogP contribution in [0.3, 0.4) is 0 Å². The molecule has 2 aromatic carbocycles. The van der Waals surface area contributed by atoms with Crippen LogP contribution in [0.5, 0.6) is 17.2 Å². The van der Waals surface area contributed by atoms with Crippen molar-refractivity contribution in [3.05, 3.63) is 59.4 Å². The van der Waals surface area contributed by atoms with Crippen LogP contribution in [0.2, 0.25) is 0 Å². The Hall–Kier alpha value is -3.40. The molecule has 10 heteroatoms. The van der Waals surface area contributed by atoms with Gasteiger partial charge in [-0.2, -0.15) is 0 Å². The largest absolute Gasteiger partial charge is 0.493 e. The van der Waals surface area contributed by atoms with E-state index in [0.717, 1.165) is 11.3 Å². The molecule has 0 spiro atoms. The SMILES string of the molecule is COc1ccc(CNC(=O)CSc2nnc(COc3ccc(C(C)(C)C)cc3)n2N)cc1OC. The summed E-state index contributed by atoms with van der Waals surface area (Å²) in [5.74, 6) is 8.52. The van der Waals surface area contributed by atoms with Gasteiger partial charge in [0.2, 0.25) is 11.1 Å². The minimum absolute atomic E-state index is 0.0793. The molecule has 9 nitrogen and oxygen atoms in total. The first-order valence-electron chi connectivity index (χ1n) is 10.7. The van der Waals surface area contributed by atoms with E-state index in [1.165, 1.54) is 22.0 Å². The first kappa shape index (κ1) is 25.2. The molecular formula is C24H31N5O4S. The van der Waals surface area contributed by atoms with Crippen molar-refractivity contribution in [2.75, 3.05) is 25.8 Å². The number of carbonyl (C=O) groups excluding carboxylic acids is 1. The van der Waals surface area contributed by atoms with E-state index in [0.29, 0.717) is 29.0 Å². The molecule has 1 aromatic heterocycles. The number of benzene rings is 2. The van der Waals surface area contributed by atoms with Crippen LogP contribution >= 0.6 is 11.8 Å². The second kappa shape index (κ2) is 11.1.